The molecule has 6 heteroatoms. The lowest BCUT2D eigenvalue weighted by molar-refractivity contribution is 0.537. The summed E-state index contributed by atoms with van der Waals surface area (Å²) in [5.74, 6) is 1.72. The van der Waals surface area contributed by atoms with Gasteiger partial charge < -0.3 is 5.73 Å². The average molecular weight is 297 g/mol. The normalized spacial score (nSPS) is 23.3. The molecule has 1 aliphatic carbocycles. The zero-order chi connectivity index (χ0) is 13.4. The Morgan fingerprint density at radius 1 is 1.53 bits per heavy atom. The van der Waals surface area contributed by atoms with Crippen molar-refractivity contribution in [3.63, 3.8) is 0 Å². The molecule has 2 atom stereocenters. The van der Waals surface area contributed by atoms with Crippen molar-refractivity contribution in [2.75, 3.05) is 11.5 Å². The second-order valence-corrected chi connectivity index (χ2v) is 6.89. The largest absolute Gasteiger partial charge is 0.369 e. The Balaban J connectivity index is 1.95. The van der Waals surface area contributed by atoms with Gasteiger partial charge in [-0.25, -0.2) is 9.97 Å². The molecule has 2 heterocycles. The van der Waals surface area contributed by atoms with E-state index in [1.165, 1.54) is 12.2 Å². The van der Waals surface area contributed by atoms with Crippen LogP contribution >= 0.6 is 23.4 Å². The SMILES string of the molecule is CCSC1CCC(n2c(N)nc3cc(Cl)cnc32)C1. The minimum Gasteiger partial charge on any atom is -0.369 e. The highest BCUT2D eigenvalue weighted by Gasteiger charge is 2.28. The number of fused-ring (bicyclic) bond motifs is 1. The molecule has 0 aliphatic heterocycles. The summed E-state index contributed by atoms with van der Waals surface area (Å²) < 4.78 is 2.09. The van der Waals surface area contributed by atoms with Crippen LogP contribution in [0.5, 0.6) is 0 Å². The number of hydrogen-bond acceptors (Lipinski definition) is 4. The third kappa shape index (κ3) is 2.41. The van der Waals surface area contributed by atoms with E-state index in [1.54, 1.807) is 6.20 Å². The number of rotatable bonds is 3. The average Bonchev–Trinajstić information content (AvgIpc) is 2.92. The Morgan fingerprint density at radius 3 is 3.16 bits per heavy atom. The molecular formula is C13H17ClN4S. The standard InChI is InChI=1S/C13H17ClN4S/c1-2-19-10-4-3-9(6-10)18-12-11(17-13(18)15)5-8(14)7-16-12/h5,7,9-10H,2-4,6H2,1H3,(H2,15,17). The van der Waals surface area contributed by atoms with E-state index in [0.717, 1.165) is 29.3 Å². The number of thioether (sulfide) groups is 1. The Bertz CT molecular complexity index is 598. The van der Waals surface area contributed by atoms with Crippen LogP contribution in [0.1, 0.15) is 32.2 Å². The van der Waals surface area contributed by atoms with E-state index in [9.17, 15) is 0 Å². The molecule has 0 bridgehead atoms. The third-order valence-corrected chi connectivity index (χ3v) is 5.09. The van der Waals surface area contributed by atoms with Crippen LogP contribution in [0.3, 0.4) is 0 Å². The highest BCUT2D eigenvalue weighted by atomic mass is 35.5. The fourth-order valence-electron chi connectivity index (χ4n) is 2.87. The summed E-state index contributed by atoms with van der Waals surface area (Å²) in [6.45, 7) is 2.21. The van der Waals surface area contributed by atoms with Crippen LogP contribution in [0.15, 0.2) is 12.3 Å². The number of halogens is 1. The molecule has 0 aromatic carbocycles. The molecule has 0 spiro atoms. The molecule has 19 heavy (non-hydrogen) atoms. The van der Waals surface area contributed by atoms with Crippen LogP contribution in [0, 0.1) is 0 Å². The molecule has 1 fully saturated rings. The van der Waals surface area contributed by atoms with Gasteiger partial charge >= 0.3 is 0 Å². The van der Waals surface area contributed by atoms with Gasteiger partial charge in [0.25, 0.3) is 0 Å². The number of imidazole rings is 1. The fraction of sp³-hybridized carbons (Fsp3) is 0.538. The Kier molecular flexibility index (Phi) is 3.58. The number of pyridine rings is 1. The molecule has 2 aromatic rings. The molecule has 2 unspecified atom stereocenters. The van der Waals surface area contributed by atoms with Crippen LogP contribution in [0.2, 0.25) is 5.02 Å². The number of nitrogens with zero attached hydrogens (tertiary/aromatic N) is 3. The van der Waals surface area contributed by atoms with Crippen molar-refractivity contribution in [3.8, 4) is 0 Å². The van der Waals surface area contributed by atoms with E-state index in [0.29, 0.717) is 17.0 Å². The van der Waals surface area contributed by atoms with Gasteiger partial charge in [0.05, 0.1) is 5.02 Å². The molecule has 0 saturated heterocycles. The molecular weight excluding hydrogens is 280 g/mol. The number of anilines is 1. The minimum absolute atomic E-state index is 0.419. The van der Waals surface area contributed by atoms with Crippen molar-refractivity contribution in [1.29, 1.82) is 0 Å². The summed E-state index contributed by atoms with van der Waals surface area (Å²) in [6, 6.07) is 2.24. The summed E-state index contributed by atoms with van der Waals surface area (Å²) in [6.07, 6.45) is 5.21. The van der Waals surface area contributed by atoms with Gasteiger partial charge in [-0.05, 0) is 31.1 Å². The first-order valence-electron chi connectivity index (χ1n) is 6.59. The first kappa shape index (κ1) is 13.1. The Hall–Kier alpha value is -0.940. The zero-order valence-corrected chi connectivity index (χ0v) is 12.4. The predicted molar refractivity (Wildman–Crippen MR) is 81.8 cm³/mol. The van der Waals surface area contributed by atoms with Crippen molar-refractivity contribution in [3.05, 3.63) is 17.3 Å². The minimum atomic E-state index is 0.419. The maximum Gasteiger partial charge on any atom is 0.202 e. The maximum absolute atomic E-state index is 6.06. The van der Waals surface area contributed by atoms with Crippen molar-refractivity contribution in [2.24, 2.45) is 0 Å². The lowest BCUT2D eigenvalue weighted by atomic mass is 10.2. The van der Waals surface area contributed by atoms with Crippen LogP contribution < -0.4 is 5.73 Å². The van der Waals surface area contributed by atoms with Gasteiger partial charge in [-0.3, -0.25) is 4.57 Å². The lowest BCUT2D eigenvalue weighted by Crippen LogP contribution is -2.10. The maximum atomic E-state index is 6.06. The summed E-state index contributed by atoms with van der Waals surface area (Å²) >= 11 is 7.99. The van der Waals surface area contributed by atoms with Crippen molar-refractivity contribution in [2.45, 2.75) is 37.5 Å². The molecule has 3 rings (SSSR count). The van der Waals surface area contributed by atoms with Crippen LogP contribution in [0.25, 0.3) is 11.2 Å². The van der Waals surface area contributed by atoms with Crippen LogP contribution in [-0.4, -0.2) is 25.5 Å². The number of hydrogen-bond donors (Lipinski definition) is 1. The van der Waals surface area contributed by atoms with Gasteiger partial charge in [-0.1, -0.05) is 18.5 Å². The topological polar surface area (TPSA) is 56.7 Å². The molecule has 0 radical (unpaired) electrons. The second-order valence-electron chi connectivity index (χ2n) is 4.88. The van der Waals surface area contributed by atoms with Crippen LogP contribution in [0.4, 0.5) is 5.95 Å². The quantitative estimate of drug-likeness (QED) is 0.941. The summed E-state index contributed by atoms with van der Waals surface area (Å²) in [5.41, 5.74) is 7.71. The molecule has 0 amide bonds. The molecule has 2 aromatic heterocycles. The van der Waals surface area contributed by atoms with Gasteiger partial charge in [0.15, 0.2) is 5.65 Å². The first-order chi connectivity index (χ1) is 9.19. The summed E-state index contributed by atoms with van der Waals surface area (Å²) in [4.78, 5) is 8.78. The third-order valence-electron chi connectivity index (χ3n) is 3.65. The molecule has 1 saturated carbocycles. The highest BCUT2D eigenvalue weighted by molar-refractivity contribution is 7.99. The van der Waals surface area contributed by atoms with Gasteiger partial charge in [0.1, 0.15) is 5.52 Å². The van der Waals surface area contributed by atoms with Gasteiger partial charge in [-0.2, -0.15) is 11.8 Å². The van der Waals surface area contributed by atoms with E-state index in [2.05, 4.69) is 21.5 Å². The van der Waals surface area contributed by atoms with E-state index in [1.807, 2.05) is 17.8 Å². The summed E-state index contributed by atoms with van der Waals surface area (Å²) in [5, 5.41) is 1.34. The van der Waals surface area contributed by atoms with Crippen molar-refractivity contribution in [1.82, 2.24) is 14.5 Å². The molecule has 102 valence electrons. The first-order valence-corrected chi connectivity index (χ1v) is 8.02. The van der Waals surface area contributed by atoms with Crippen molar-refractivity contribution < 1.29 is 0 Å². The second kappa shape index (κ2) is 5.21. The fourth-order valence-corrected chi connectivity index (χ4v) is 4.16. The monoisotopic (exact) mass is 296 g/mol. The van der Waals surface area contributed by atoms with E-state index >= 15 is 0 Å². The predicted octanol–water partition coefficient (Wildman–Crippen LogP) is 3.51. The summed E-state index contributed by atoms with van der Waals surface area (Å²) in [7, 11) is 0. The zero-order valence-electron chi connectivity index (χ0n) is 10.8. The van der Waals surface area contributed by atoms with E-state index in [-0.39, 0.29) is 0 Å². The molecule has 2 N–H and O–H groups in total. The molecule has 4 nitrogen and oxygen atoms in total. The van der Waals surface area contributed by atoms with Crippen molar-refractivity contribution >= 4 is 40.5 Å². The van der Waals surface area contributed by atoms with Gasteiger partial charge in [0, 0.05) is 17.5 Å². The van der Waals surface area contributed by atoms with E-state index < -0.39 is 0 Å². The smallest absolute Gasteiger partial charge is 0.202 e. The number of aromatic nitrogens is 3. The highest BCUT2D eigenvalue weighted by Crippen LogP contribution is 2.39. The Labute approximate surface area is 121 Å². The van der Waals surface area contributed by atoms with E-state index in [4.69, 9.17) is 17.3 Å². The van der Waals surface area contributed by atoms with Gasteiger partial charge in [0.2, 0.25) is 5.95 Å². The number of nitrogens with two attached hydrogens (primary N) is 1. The molecule has 1 aliphatic rings. The van der Waals surface area contributed by atoms with Gasteiger partial charge in [-0.15, -0.1) is 0 Å². The Morgan fingerprint density at radius 2 is 2.37 bits per heavy atom. The van der Waals surface area contributed by atoms with Crippen LogP contribution in [-0.2, 0) is 0 Å². The number of nitrogen functional groups attached to an aromatic ring is 1. The lowest BCUT2D eigenvalue weighted by Gasteiger charge is -2.14.